The third-order valence-electron chi connectivity index (χ3n) is 3.17. The average molecular weight is 271 g/mol. The normalized spacial score (nSPS) is 10.3. The molecule has 0 amide bonds. The van der Waals surface area contributed by atoms with Crippen LogP contribution in [0.1, 0.15) is 32.9 Å². The van der Waals surface area contributed by atoms with E-state index in [1.54, 1.807) is 12.1 Å². The van der Waals surface area contributed by atoms with Gasteiger partial charge in [-0.15, -0.1) is 0 Å². The molecular formula is C16H17NO3. The van der Waals surface area contributed by atoms with E-state index in [2.05, 4.69) is 11.1 Å². The first-order chi connectivity index (χ1) is 9.47. The Bertz CT molecular complexity index is 650. The summed E-state index contributed by atoms with van der Waals surface area (Å²) in [6, 6.07) is 8.97. The lowest BCUT2D eigenvalue weighted by molar-refractivity contribution is 0.0690. The molecule has 0 fully saturated rings. The van der Waals surface area contributed by atoms with Gasteiger partial charge in [0.05, 0.1) is 5.69 Å². The minimum absolute atomic E-state index is 0.0308. The number of rotatable bonds is 4. The molecule has 1 heterocycles. The number of aromatic nitrogens is 1. The van der Waals surface area contributed by atoms with Crippen LogP contribution >= 0.6 is 0 Å². The van der Waals surface area contributed by atoms with E-state index in [4.69, 9.17) is 9.84 Å². The molecule has 0 atom stereocenters. The molecule has 1 aromatic carbocycles. The highest BCUT2D eigenvalue weighted by molar-refractivity contribution is 5.85. The van der Waals surface area contributed by atoms with Crippen LogP contribution in [-0.4, -0.2) is 16.1 Å². The van der Waals surface area contributed by atoms with Gasteiger partial charge in [-0.2, -0.15) is 0 Å². The van der Waals surface area contributed by atoms with E-state index < -0.39 is 5.97 Å². The number of hydrogen-bond donors (Lipinski definition) is 1. The SMILES string of the molecule is Cc1cc(C)c(C)c(OCc2cccc(C(=O)O)n2)c1. The number of carboxylic acids is 1. The van der Waals surface area contributed by atoms with Crippen LogP contribution in [0, 0.1) is 20.8 Å². The molecule has 104 valence electrons. The Morgan fingerprint density at radius 2 is 2.00 bits per heavy atom. The van der Waals surface area contributed by atoms with E-state index in [9.17, 15) is 4.79 Å². The molecule has 1 aromatic heterocycles. The lowest BCUT2D eigenvalue weighted by Crippen LogP contribution is -2.05. The first-order valence-corrected chi connectivity index (χ1v) is 6.37. The van der Waals surface area contributed by atoms with Gasteiger partial charge in [0.25, 0.3) is 0 Å². The summed E-state index contributed by atoms with van der Waals surface area (Å²) in [6.07, 6.45) is 0. The fourth-order valence-corrected chi connectivity index (χ4v) is 1.98. The number of benzene rings is 1. The molecule has 0 unspecified atom stereocenters. The van der Waals surface area contributed by atoms with Gasteiger partial charge in [0.1, 0.15) is 18.1 Å². The second kappa shape index (κ2) is 5.74. The van der Waals surface area contributed by atoms with Crippen LogP contribution in [0.2, 0.25) is 0 Å². The maximum absolute atomic E-state index is 10.9. The third kappa shape index (κ3) is 3.15. The van der Waals surface area contributed by atoms with Crippen LogP contribution in [0.5, 0.6) is 5.75 Å². The fourth-order valence-electron chi connectivity index (χ4n) is 1.98. The first kappa shape index (κ1) is 14.1. The molecule has 4 nitrogen and oxygen atoms in total. The molecule has 0 aliphatic heterocycles. The van der Waals surface area contributed by atoms with Gasteiger partial charge >= 0.3 is 5.97 Å². The van der Waals surface area contributed by atoms with Crippen molar-refractivity contribution in [2.75, 3.05) is 0 Å². The number of hydrogen-bond acceptors (Lipinski definition) is 3. The zero-order valence-electron chi connectivity index (χ0n) is 11.8. The molecule has 4 heteroatoms. The van der Waals surface area contributed by atoms with E-state index in [-0.39, 0.29) is 12.3 Å². The molecule has 20 heavy (non-hydrogen) atoms. The van der Waals surface area contributed by atoms with Gasteiger partial charge in [0.15, 0.2) is 0 Å². The topological polar surface area (TPSA) is 59.4 Å². The molecule has 2 aromatic rings. The smallest absolute Gasteiger partial charge is 0.354 e. The Labute approximate surface area is 118 Å². The number of aryl methyl sites for hydroxylation is 2. The van der Waals surface area contributed by atoms with Crippen molar-refractivity contribution in [1.82, 2.24) is 4.98 Å². The summed E-state index contributed by atoms with van der Waals surface area (Å²) >= 11 is 0. The quantitative estimate of drug-likeness (QED) is 0.927. The Balaban J connectivity index is 2.17. The minimum atomic E-state index is -1.03. The summed E-state index contributed by atoms with van der Waals surface area (Å²) in [7, 11) is 0. The van der Waals surface area contributed by atoms with Crippen LogP contribution in [-0.2, 0) is 6.61 Å². The van der Waals surface area contributed by atoms with E-state index in [0.717, 1.165) is 16.9 Å². The molecular weight excluding hydrogens is 254 g/mol. The molecule has 0 saturated heterocycles. The molecule has 0 aliphatic rings. The Hall–Kier alpha value is -2.36. The number of carbonyl (C=O) groups is 1. The summed E-state index contributed by atoms with van der Waals surface area (Å²) in [5.74, 6) is -0.223. The van der Waals surface area contributed by atoms with Gasteiger partial charge in [-0.05, 0) is 55.7 Å². The van der Waals surface area contributed by atoms with Crippen molar-refractivity contribution in [3.8, 4) is 5.75 Å². The van der Waals surface area contributed by atoms with Crippen molar-refractivity contribution in [2.24, 2.45) is 0 Å². The van der Waals surface area contributed by atoms with Crippen LogP contribution < -0.4 is 4.74 Å². The summed E-state index contributed by atoms with van der Waals surface area (Å²) in [5.41, 5.74) is 4.03. The van der Waals surface area contributed by atoms with Crippen molar-refractivity contribution >= 4 is 5.97 Å². The molecule has 0 spiro atoms. The number of aromatic carboxylic acids is 1. The lowest BCUT2D eigenvalue weighted by atomic mass is 10.1. The van der Waals surface area contributed by atoms with Gasteiger partial charge in [-0.3, -0.25) is 0 Å². The van der Waals surface area contributed by atoms with E-state index in [1.807, 2.05) is 26.8 Å². The van der Waals surface area contributed by atoms with E-state index >= 15 is 0 Å². The van der Waals surface area contributed by atoms with Gasteiger partial charge in [-0.1, -0.05) is 12.1 Å². The maximum atomic E-state index is 10.9. The van der Waals surface area contributed by atoms with Crippen LogP contribution in [0.4, 0.5) is 0 Å². The Kier molecular flexibility index (Phi) is 4.03. The Morgan fingerprint density at radius 1 is 1.25 bits per heavy atom. The number of pyridine rings is 1. The predicted octanol–water partition coefficient (Wildman–Crippen LogP) is 3.28. The zero-order chi connectivity index (χ0) is 14.7. The van der Waals surface area contributed by atoms with Gasteiger partial charge < -0.3 is 9.84 Å². The van der Waals surface area contributed by atoms with Gasteiger partial charge in [-0.25, -0.2) is 9.78 Å². The molecule has 0 aliphatic carbocycles. The second-order valence-electron chi connectivity index (χ2n) is 4.81. The highest BCUT2D eigenvalue weighted by Crippen LogP contribution is 2.24. The number of carboxylic acid groups (broad SMARTS) is 1. The molecule has 0 saturated carbocycles. The van der Waals surface area contributed by atoms with Crippen molar-refractivity contribution in [3.05, 3.63) is 58.4 Å². The molecule has 0 bridgehead atoms. The molecule has 0 radical (unpaired) electrons. The number of ether oxygens (including phenoxy) is 1. The predicted molar refractivity (Wildman–Crippen MR) is 76.2 cm³/mol. The lowest BCUT2D eigenvalue weighted by Gasteiger charge is -2.12. The molecule has 2 rings (SSSR count). The largest absolute Gasteiger partial charge is 0.487 e. The minimum Gasteiger partial charge on any atom is -0.487 e. The average Bonchev–Trinajstić information content (AvgIpc) is 2.41. The van der Waals surface area contributed by atoms with Crippen molar-refractivity contribution < 1.29 is 14.6 Å². The molecule has 1 N–H and O–H groups in total. The monoisotopic (exact) mass is 271 g/mol. The maximum Gasteiger partial charge on any atom is 0.354 e. The number of nitrogens with zero attached hydrogens (tertiary/aromatic N) is 1. The van der Waals surface area contributed by atoms with Crippen LogP contribution in [0.3, 0.4) is 0 Å². The summed E-state index contributed by atoms with van der Waals surface area (Å²) in [6.45, 7) is 6.32. The zero-order valence-corrected chi connectivity index (χ0v) is 11.8. The standard InChI is InChI=1S/C16H17NO3/c1-10-7-11(2)12(3)15(8-10)20-9-13-5-4-6-14(17-13)16(18)19/h4-8H,9H2,1-3H3,(H,18,19). The van der Waals surface area contributed by atoms with E-state index in [0.29, 0.717) is 5.69 Å². The van der Waals surface area contributed by atoms with Crippen molar-refractivity contribution in [3.63, 3.8) is 0 Å². The second-order valence-corrected chi connectivity index (χ2v) is 4.81. The third-order valence-corrected chi connectivity index (χ3v) is 3.17. The summed E-state index contributed by atoms with van der Waals surface area (Å²) < 4.78 is 5.76. The van der Waals surface area contributed by atoms with Gasteiger partial charge in [0.2, 0.25) is 0 Å². The highest BCUT2D eigenvalue weighted by atomic mass is 16.5. The fraction of sp³-hybridized carbons (Fsp3) is 0.250. The Morgan fingerprint density at radius 3 is 2.70 bits per heavy atom. The van der Waals surface area contributed by atoms with Crippen molar-refractivity contribution in [2.45, 2.75) is 27.4 Å². The van der Waals surface area contributed by atoms with E-state index in [1.165, 1.54) is 11.6 Å². The van der Waals surface area contributed by atoms with Gasteiger partial charge in [0, 0.05) is 0 Å². The van der Waals surface area contributed by atoms with Crippen LogP contribution in [0.15, 0.2) is 30.3 Å². The summed E-state index contributed by atoms with van der Waals surface area (Å²) in [4.78, 5) is 14.9. The van der Waals surface area contributed by atoms with Crippen molar-refractivity contribution in [1.29, 1.82) is 0 Å². The highest BCUT2D eigenvalue weighted by Gasteiger charge is 2.07. The van der Waals surface area contributed by atoms with Crippen LogP contribution in [0.25, 0.3) is 0 Å². The summed E-state index contributed by atoms with van der Waals surface area (Å²) in [5, 5.41) is 8.91. The first-order valence-electron chi connectivity index (χ1n) is 6.37.